The van der Waals surface area contributed by atoms with Crippen LogP contribution in [0, 0.1) is 23.2 Å². The van der Waals surface area contributed by atoms with Crippen molar-refractivity contribution in [1.29, 1.82) is 5.26 Å². The molecule has 56 valence electrons. The van der Waals surface area contributed by atoms with Gasteiger partial charge in [0.2, 0.25) is 0 Å². The summed E-state index contributed by atoms with van der Waals surface area (Å²) < 4.78 is 0. The molecule has 1 rings (SSSR count). The van der Waals surface area contributed by atoms with E-state index in [0.717, 1.165) is 12.3 Å². The van der Waals surface area contributed by atoms with E-state index in [9.17, 15) is 0 Å². The van der Waals surface area contributed by atoms with Crippen LogP contribution in [0.2, 0.25) is 0 Å². The monoisotopic (exact) mass is 137 g/mol. The van der Waals surface area contributed by atoms with E-state index in [4.69, 9.17) is 5.26 Å². The smallest absolute Gasteiger partial charge is 0.0624 e. The summed E-state index contributed by atoms with van der Waals surface area (Å²) in [6.45, 7) is 2.18. The van der Waals surface area contributed by atoms with E-state index in [1.807, 2.05) is 0 Å². The molecule has 0 spiro atoms. The molecule has 1 nitrogen and oxygen atoms in total. The lowest BCUT2D eigenvalue weighted by Gasteiger charge is -2.27. The first-order chi connectivity index (χ1) is 4.83. The van der Waals surface area contributed by atoms with Gasteiger partial charge in [0.05, 0.1) is 6.07 Å². The van der Waals surface area contributed by atoms with Gasteiger partial charge in [0, 0.05) is 6.42 Å². The fourth-order valence-electron chi connectivity index (χ4n) is 1.54. The molecule has 0 heterocycles. The minimum Gasteiger partial charge on any atom is -0.198 e. The fourth-order valence-corrected chi connectivity index (χ4v) is 1.54. The highest BCUT2D eigenvalue weighted by molar-refractivity contribution is 4.78. The molecule has 0 aromatic rings. The Hall–Kier alpha value is -0.510. The summed E-state index contributed by atoms with van der Waals surface area (Å²) in [7, 11) is 0. The number of hydrogen-bond donors (Lipinski definition) is 0. The summed E-state index contributed by atoms with van der Waals surface area (Å²) in [6, 6.07) is 2.22. The summed E-state index contributed by atoms with van der Waals surface area (Å²) in [4.78, 5) is 0. The van der Waals surface area contributed by atoms with Gasteiger partial charge < -0.3 is 0 Å². The van der Waals surface area contributed by atoms with E-state index in [1.165, 1.54) is 25.7 Å². The van der Waals surface area contributed by atoms with Gasteiger partial charge in [-0.25, -0.2) is 0 Å². The van der Waals surface area contributed by atoms with E-state index in [1.54, 1.807) is 0 Å². The van der Waals surface area contributed by atoms with Crippen molar-refractivity contribution in [3.63, 3.8) is 0 Å². The van der Waals surface area contributed by atoms with Crippen molar-refractivity contribution in [1.82, 2.24) is 0 Å². The zero-order valence-electron chi connectivity index (χ0n) is 6.64. The van der Waals surface area contributed by atoms with Crippen molar-refractivity contribution < 1.29 is 0 Å². The predicted octanol–water partition coefficient (Wildman–Crippen LogP) is 2.73. The first-order valence-electron chi connectivity index (χ1n) is 4.20. The molecule has 1 atom stereocenters. The maximum absolute atomic E-state index is 8.39. The second kappa shape index (κ2) is 3.61. The van der Waals surface area contributed by atoms with E-state index < -0.39 is 0 Å². The van der Waals surface area contributed by atoms with Crippen LogP contribution in [-0.4, -0.2) is 0 Å². The van der Waals surface area contributed by atoms with Crippen LogP contribution in [0.1, 0.15) is 39.0 Å². The Labute approximate surface area is 63.0 Å². The summed E-state index contributed by atoms with van der Waals surface area (Å²) in [5, 5.41) is 8.39. The lowest BCUT2D eigenvalue weighted by Crippen LogP contribution is -2.14. The van der Waals surface area contributed by atoms with Gasteiger partial charge in [-0.3, -0.25) is 0 Å². The van der Waals surface area contributed by atoms with E-state index >= 15 is 0 Å². The van der Waals surface area contributed by atoms with Crippen molar-refractivity contribution in [2.75, 3.05) is 0 Å². The topological polar surface area (TPSA) is 23.8 Å². The Kier molecular flexibility index (Phi) is 2.74. The average Bonchev–Trinajstić information content (AvgIpc) is 1.80. The van der Waals surface area contributed by atoms with Gasteiger partial charge >= 0.3 is 0 Å². The molecule has 0 aliphatic heterocycles. The van der Waals surface area contributed by atoms with Crippen LogP contribution in [0.3, 0.4) is 0 Å². The second-order valence-electron chi connectivity index (χ2n) is 3.50. The van der Waals surface area contributed by atoms with Gasteiger partial charge in [-0.2, -0.15) is 5.26 Å². The number of rotatable bonds is 3. The average molecular weight is 137 g/mol. The lowest BCUT2D eigenvalue weighted by atomic mass is 9.79. The van der Waals surface area contributed by atoms with E-state index in [-0.39, 0.29) is 0 Å². The molecule has 0 aromatic carbocycles. The Morgan fingerprint density at radius 3 is 2.70 bits per heavy atom. The third-order valence-electron chi connectivity index (χ3n) is 2.40. The maximum atomic E-state index is 8.39. The maximum Gasteiger partial charge on any atom is 0.0624 e. The first kappa shape index (κ1) is 7.60. The zero-order chi connectivity index (χ0) is 7.40. The van der Waals surface area contributed by atoms with Gasteiger partial charge in [0.1, 0.15) is 0 Å². The van der Waals surface area contributed by atoms with Crippen LogP contribution in [0.5, 0.6) is 0 Å². The van der Waals surface area contributed by atoms with Crippen molar-refractivity contribution in [3.8, 4) is 6.07 Å². The molecule has 0 bridgehead atoms. The van der Waals surface area contributed by atoms with Crippen molar-refractivity contribution in [3.05, 3.63) is 0 Å². The Bertz CT molecular complexity index is 130. The molecular formula is C9H15N. The van der Waals surface area contributed by atoms with E-state index in [0.29, 0.717) is 5.92 Å². The van der Waals surface area contributed by atoms with Crippen LogP contribution >= 0.6 is 0 Å². The van der Waals surface area contributed by atoms with Gasteiger partial charge in [-0.15, -0.1) is 0 Å². The van der Waals surface area contributed by atoms with Crippen LogP contribution < -0.4 is 0 Å². The molecule has 0 aromatic heterocycles. The van der Waals surface area contributed by atoms with Crippen molar-refractivity contribution >= 4 is 0 Å². The Morgan fingerprint density at radius 1 is 1.60 bits per heavy atom. The van der Waals surface area contributed by atoms with Crippen LogP contribution in [0.25, 0.3) is 0 Å². The molecule has 0 saturated heterocycles. The SMILES string of the molecule is CC(CC#N)CC1CCC1. The standard InChI is InChI=1S/C9H15N/c1-8(5-6-10)7-9-3-2-4-9/h8-9H,2-5,7H2,1H3. The zero-order valence-corrected chi connectivity index (χ0v) is 6.64. The molecular weight excluding hydrogens is 122 g/mol. The molecule has 1 aliphatic carbocycles. The predicted molar refractivity (Wildman–Crippen MR) is 41.4 cm³/mol. The molecule has 1 unspecified atom stereocenters. The number of nitrogens with zero attached hydrogens (tertiary/aromatic N) is 1. The highest BCUT2D eigenvalue weighted by Gasteiger charge is 2.19. The molecule has 1 fully saturated rings. The number of nitriles is 1. The largest absolute Gasteiger partial charge is 0.198 e. The van der Waals surface area contributed by atoms with Crippen molar-refractivity contribution in [2.45, 2.75) is 39.0 Å². The van der Waals surface area contributed by atoms with Gasteiger partial charge in [0.15, 0.2) is 0 Å². The summed E-state index contributed by atoms with van der Waals surface area (Å²) in [5.74, 6) is 1.60. The minimum absolute atomic E-state index is 0.635. The highest BCUT2D eigenvalue weighted by Crippen LogP contribution is 2.32. The van der Waals surface area contributed by atoms with Crippen LogP contribution in [0.4, 0.5) is 0 Å². The highest BCUT2D eigenvalue weighted by atomic mass is 14.3. The Balaban J connectivity index is 2.06. The van der Waals surface area contributed by atoms with Gasteiger partial charge in [-0.05, 0) is 18.3 Å². The van der Waals surface area contributed by atoms with Crippen LogP contribution in [0.15, 0.2) is 0 Å². The molecule has 10 heavy (non-hydrogen) atoms. The fraction of sp³-hybridized carbons (Fsp3) is 0.889. The second-order valence-corrected chi connectivity index (χ2v) is 3.50. The van der Waals surface area contributed by atoms with Crippen molar-refractivity contribution in [2.24, 2.45) is 11.8 Å². The molecule has 0 amide bonds. The van der Waals surface area contributed by atoms with Gasteiger partial charge in [-0.1, -0.05) is 26.2 Å². The molecule has 1 heteroatoms. The van der Waals surface area contributed by atoms with Gasteiger partial charge in [0.25, 0.3) is 0 Å². The first-order valence-corrected chi connectivity index (χ1v) is 4.20. The van der Waals surface area contributed by atoms with E-state index in [2.05, 4.69) is 13.0 Å². The molecule has 0 N–H and O–H groups in total. The van der Waals surface area contributed by atoms with Crippen LogP contribution in [-0.2, 0) is 0 Å². The normalized spacial score (nSPS) is 21.2. The molecule has 1 aliphatic rings. The molecule has 0 radical (unpaired) electrons. The third-order valence-corrected chi connectivity index (χ3v) is 2.40. The quantitative estimate of drug-likeness (QED) is 0.586. The summed E-state index contributed by atoms with van der Waals surface area (Å²) in [5.41, 5.74) is 0. The molecule has 1 saturated carbocycles. The minimum atomic E-state index is 0.635. The third kappa shape index (κ3) is 2.02. The Morgan fingerprint density at radius 2 is 2.30 bits per heavy atom. The lowest BCUT2D eigenvalue weighted by molar-refractivity contribution is 0.258. The summed E-state index contributed by atoms with van der Waals surface area (Å²) in [6.07, 6.45) is 6.28. The summed E-state index contributed by atoms with van der Waals surface area (Å²) >= 11 is 0. The number of hydrogen-bond acceptors (Lipinski definition) is 1.